The zero-order chi connectivity index (χ0) is 15.6. The number of rotatable bonds is 4. The fraction of sp³-hybridized carbons (Fsp3) is 0.333. The Morgan fingerprint density at radius 1 is 1.33 bits per heavy atom. The lowest BCUT2D eigenvalue weighted by Gasteiger charge is -2.12. The van der Waals surface area contributed by atoms with Gasteiger partial charge >= 0.3 is 6.18 Å². The van der Waals surface area contributed by atoms with Crippen molar-refractivity contribution in [1.29, 1.82) is 0 Å². The van der Waals surface area contributed by atoms with E-state index in [0.717, 1.165) is 6.07 Å². The predicted octanol–water partition coefficient (Wildman–Crippen LogP) is 4.04. The van der Waals surface area contributed by atoms with Gasteiger partial charge in [-0.1, -0.05) is 26.0 Å². The number of nitrogens with zero attached hydrogens (tertiary/aromatic N) is 2. The average molecular weight is 296 g/mol. The molecule has 2 rings (SSSR count). The molecule has 0 aliphatic rings. The smallest absolute Gasteiger partial charge is 0.298 e. The molecule has 0 spiro atoms. The monoisotopic (exact) mass is 296 g/mol. The van der Waals surface area contributed by atoms with Crippen LogP contribution < -0.4 is 0 Å². The van der Waals surface area contributed by atoms with Crippen LogP contribution in [-0.4, -0.2) is 16.1 Å². The molecule has 21 heavy (non-hydrogen) atoms. The maximum absolute atomic E-state index is 13.1. The summed E-state index contributed by atoms with van der Waals surface area (Å²) in [5.74, 6) is 0.345. The van der Waals surface area contributed by atoms with Crippen LogP contribution in [0.1, 0.15) is 29.8 Å². The minimum Gasteiger partial charge on any atom is -0.298 e. The van der Waals surface area contributed by atoms with Gasteiger partial charge in [-0.2, -0.15) is 18.3 Å². The fourth-order valence-electron chi connectivity index (χ4n) is 2.10. The van der Waals surface area contributed by atoms with E-state index in [9.17, 15) is 18.0 Å². The Hall–Kier alpha value is -2.11. The van der Waals surface area contributed by atoms with E-state index < -0.39 is 11.7 Å². The average Bonchev–Trinajstić information content (AvgIpc) is 2.84. The van der Waals surface area contributed by atoms with E-state index in [1.807, 2.05) is 13.8 Å². The van der Waals surface area contributed by atoms with Crippen molar-refractivity contribution >= 4 is 6.29 Å². The third kappa shape index (κ3) is 3.51. The van der Waals surface area contributed by atoms with Crippen LogP contribution >= 0.6 is 0 Å². The Morgan fingerprint density at radius 2 is 2.05 bits per heavy atom. The Labute approximate surface area is 120 Å². The van der Waals surface area contributed by atoms with Gasteiger partial charge in [-0.25, -0.2) is 0 Å². The summed E-state index contributed by atoms with van der Waals surface area (Å²) in [6.45, 7) is 4.64. The highest BCUT2D eigenvalue weighted by atomic mass is 19.4. The van der Waals surface area contributed by atoms with Crippen LogP contribution in [0.15, 0.2) is 30.6 Å². The molecule has 1 aromatic carbocycles. The predicted molar refractivity (Wildman–Crippen MR) is 72.9 cm³/mol. The van der Waals surface area contributed by atoms with Gasteiger partial charge in [0.1, 0.15) is 6.29 Å². The molecule has 0 amide bonds. The molecule has 0 aliphatic carbocycles. The molecular weight excluding hydrogens is 281 g/mol. The van der Waals surface area contributed by atoms with E-state index in [2.05, 4.69) is 5.10 Å². The minimum atomic E-state index is -4.52. The van der Waals surface area contributed by atoms with E-state index in [1.54, 1.807) is 10.9 Å². The number of carbonyl (C=O) groups excluding carboxylic acids is 1. The Morgan fingerprint density at radius 3 is 2.62 bits per heavy atom. The second kappa shape index (κ2) is 5.71. The molecule has 0 aliphatic heterocycles. The standard InChI is InChI=1S/C15H15F3N2O/c1-10(2)7-20-8-12(6-19-20)13-4-3-11(9-21)5-14(13)15(16,17)18/h3-6,8-10H,7H2,1-2H3. The molecule has 0 saturated carbocycles. The molecule has 112 valence electrons. The normalized spacial score (nSPS) is 11.9. The summed E-state index contributed by atoms with van der Waals surface area (Å²) >= 11 is 0. The number of alkyl halides is 3. The summed E-state index contributed by atoms with van der Waals surface area (Å²) in [7, 11) is 0. The number of aromatic nitrogens is 2. The first-order valence-corrected chi connectivity index (χ1v) is 6.50. The lowest BCUT2D eigenvalue weighted by Crippen LogP contribution is -2.08. The summed E-state index contributed by atoms with van der Waals surface area (Å²) in [5.41, 5.74) is -0.402. The van der Waals surface area contributed by atoms with Gasteiger partial charge in [0.25, 0.3) is 0 Å². The van der Waals surface area contributed by atoms with Crippen molar-refractivity contribution in [2.24, 2.45) is 5.92 Å². The number of benzene rings is 1. The van der Waals surface area contributed by atoms with Crippen molar-refractivity contribution in [3.05, 3.63) is 41.7 Å². The van der Waals surface area contributed by atoms with Crippen molar-refractivity contribution in [3.63, 3.8) is 0 Å². The van der Waals surface area contributed by atoms with Crippen LogP contribution in [0.5, 0.6) is 0 Å². The third-order valence-electron chi connectivity index (χ3n) is 2.98. The SMILES string of the molecule is CC(C)Cn1cc(-c2ccc(C=O)cc2C(F)(F)F)cn1. The number of carbonyl (C=O) groups is 1. The van der Waals surface area contributed by atoms with Crippen molar-refractivity contribution in [2.45, 2.75) is 26.6 Å². The topological polar surface area (TPSA) is 34.9 Å². The van der Waals surface area contributed by atoms with Gasteiger partial charge < -0.3 is 0 Å². The molecule has 3 nitrogen and oxygen atoms in total. The van der Waals surface area contributed by atoms with Crippen LogP contribution in [0.4, 0.5) is 13.2 Å². The van der Waals surface area contributed by atoms with Gasteiger partial charge in [0, 0.05) is 23.9 Å². The highest BCUT2D eigenvalue weighted by molar-refractivity contribution is 5.78. The Balaban J connectivity index is 2.48. The molecule has 1 aromatic heterocycles. The first-order chi connectivity index (χ1) is 9.81. The van der Waals surface area contributed by atoms with E-state index in [4.69, 9.17) is 0 Å². The van der Waals surface area contributed by atoms with Gasteiger partial charge in [-0.05, 0) is 17.5 Å². The zero-order valence-electron chi connectivity index (χ0n) is 11.7. The van der Waals surface area contributed by atoms with Crippen molar-refractivity contribution in [1.82, 2.24) is 9.78 Å². The number of hydrogen-bond donors (Lipinski definition) is 0. The van der Waals surface area contributed by atoms with E-state index in [1.165, 1.54) is 18.3 Å². The van der Waals surface area contributed by atoms with Crippen molar-refractivity contribution in [3.8, 4) is 11.1 Å². The van der Waals surface area contributed by atoms with E-state index in [-0.39, 0.29) is 11.1 Å². The van der Waals surface area contributed by atoms with Gasteiger partial charge in [-0.3, -0.25) is 9.48 Å². The molecule has 1 heterocycles. The van der Waals surface area contributed by atoms with Gasteiger partial charge in [0.2, 0.25) is 0 Å². The molecule has 0 saturated heterocycles. The molecule has 0 unspecified atom stereocenters. The zero-order valence-corrected chi connectivity index (χ0v) is 11.7. The molecular formula is C15H15F3N2O. The summed E-state index contributed by atoms with van der Waals surface area (Å²) in [5, 5.41) is 4.08. The molecule has 2 aromatic rings. The molecule has 0 N–H and O–H groups in total. The minimum absolute atomic E-state index is 0.000599. The summed E-state index contributed by atoms with van der Waals surface area (Å²) in [6.07, 6.45) is -1.12. The molecule has 6 heteroatoms. The number of aldehydes is 1. The number of halogens is 3. The van der Waals surface area contributed by atoms with Crippen LogP contribution in [0.2, 0.25) is 0 Å². The van der Waals surface area contributed by atoms with E-state index in [0.29, 0.717) is 24.3 Å². The first kappa shape index (κ1) is 15.3. The van der Waals surface area contributed by atoms with Gasteiger partial charge in [-0.15, -0.1) is 0 Å². The third-order valence-corrected chi connectivity index (χ3v) is 2.98. The van der Waals surface area contributed by atoms with Crippen LogP contribution in [0.25, 0.3) is 11.1 Å². The summed E-state index contributed by atoms with van der Waals surface area (Å²) < 4.78 is 41.0. The Bertz CT molecular complexity index is 645. The van der Waals surface area contributed by atoms with Gasteiger partial charge in [0.15, 0.2) is 0 Å². The lowest BCUT2D eigenvalue weighted by atomic mass is 9.99. The first-order valence-electron chi connectivity index (χ1n) is 6.50. The second-order valence-electron chi connectivity index (χ2n) is 5.27. The highest BCUT2D eigenvalue weighted by Gasteiger charge is 2.34. The van der Waals surface area contributed by atoms with Crippen molar-refractivity contribution < 1.29 is 18.0 Å². The summed E-state index contributed by atoms with van der Waals surface area (Å²) in [4.78, 5) is 10.7. The van der Waals surface area contributed by atoms with Crippen LogP contribution in [-0.2, 0) is 12.7 Å². The van der Waals surface area contributed by atoms with Crippen LogP contribution in [0.3, 0.4) is 0 Å². The molecule has 0 bridgehead atoms. The molecule has 0 radical (unpaired) electrons. The maximum atomic E-state index is 13.1. The largest absolute Gasteiger partial charge is 0.417 e. The second-order valence-corrected chi connectivity index (χ2v) is 5.27. The lowest BCUT2D eigenvalue weighted by molar-refractivity contribution is -0.137. The highest BCUT2D eigenvalue weighted by Crippen LogP contribution is 2.37. The molecule has 0 fully saturated rings. The van der Waals surface area contributed by atoms with Crippen LogP contribution in [0, 0.1) is 5.92 Å². The van der Waals surface area contributed by atoms with Gasteiger partial charge in [0.05, 0.1) is 11.8 Å². The van der Waals surface area contributed by atoms with Crippen molar-refractivity contribution in [2.75, 3.05) is 0 Å². The maximum Gasteiger partial charge on any atom is 0.417 e. The number of hydrogen-bond acceptors (Lipinski definition) is 2. The molecule has 0 atom stereocenters. The Kier molecular flexibility index (Phi) is 4.16. The fourth-order valence-corrected chi connectivity index (χ4v) is 2.10. The quantitative estimate of drug-likeness (QED) is 0.798. The summed E-state index contributed by atoms with van der Waals surface area (Å²) in [6, 6.07) is 3.54. The van der Waals surface area contributed by atoms with E-state index >= 15 is 0 Å².